The quantitative estimate of drug-likeness (QED) is 0.169. The molecule has 39 heavy (non-hydrogen) atoms. The van der Waals surface area contributed by atoms with Crippen LogP contribution in [0.3, 0.4) is 0 Å². The van der Waals surface area contributed by atoms with Crippen molar-refractivity contribution in [1.82, 2.24) is 0 Å². The number of ketones is 1. The molecule has 0 spiro atoms. The fraction of sp³-hybridized carbons (Fsp3) is 0.318. The third-order valence-corrected chi connectivity index (χ3v) is 9.81. The average Bonchev–Trinajstić information content (AvgIpc) is 2.81. The minimum absolute atomic E-state index is 0.0572. The molecule has 2 aromatic rings. The largest absolute Gasteiger partial charge is 0.426 e. The maximum atomic E-state index is 14.3. The molecule has 1 aliphatic carbocycles. The van der Waals surface area contributed by atoms with Crippen LogP contribution in [0.25, 0.3) is 0 Å². The molecular formula is C22H14Br6F2O8S. The van der Waals surface area contributed by atoms with E-state index >= 15 is 0 Å². The molecule has 2 aromatic carbocycles. The number of carbonyl (C=O) groups is 3. The second kappa shape index (κ2) is 12.9. The Hall–Kier alpha value is -0.300. The molecule has 0 aliphatic heterocycles. The van der Waals surface area contributed by atoms with Gasteiger partial charge >= 0.3 is 27.3 Å². The molecule has 3 rings (SSSR count). The van der Waals surface area contributed by atoms with Crippen LogP contribution in [0.5, 0.6) is 11.5 Å². The van der Waals surface area contributed by atoms with E-state index in [0.29, 0.717) is 26.8 Å². The highest BCUT2D eigenvalue weighted by atomic mass is 79.9. The van der Waals surface area contributed by atoms with E-state index in [9.17, 15) is 31.6 Å². The molecule has 0 saturated heterocycles. The number of hydrogen-bond acceptors (Lipinski definition) is 7. The number of alkyl halides is 2. The molecule has 0 aromatic heterocycles. The molecule has 17 heteroatoms. The summed E-state index contributed by atoms with van der Waals surface area (Å²) in [5.41, 5.74) is 0. The van der Waals surface area contributed by atoms with Gasteiger partial charge in [0.2, 0.25) is 5.78 Å². The van der Waals surface area contributed by atoms with Crippen molar-refractivity contribution < 1.29 is 45.6 Å². The van der Waals surface area contributed by atoms with Crippen molar-refractivity contribution in [2.24, 2.45) is 17.8 Å². The van der Waals surface area contributed by atoms with Crippen LogP contribution < -0.4 is 9.47 Å². The summed E-state index contributed by atoms with van der Waals surface area (Å²) < 4.78 is 73.6. The first-order valence-electron chi connectivity index (χ1n) is 10.5. The lowest BCUT2D eigenvalue weighted by atomic mass is 9.73. The molecule has 0 heterocycles. The molecule has 8 nitrogen and oxygen atoms in total. The summed E-state index contributed by atoms with van der Waals surface area (Å²) in [5, 5.41) is -5.15. The van der Waals surface area contributed by atoms with Gasteiger partial charge in [0, 0.05) is 14.9 Å². The monoisotopic (exact) mass is 950 g/mol. The van der Waals surface area contributed by atoms with Crippen molar-refractivity contribution in [3.05, 3.63) is 51.1 Å². The second-order valence-electron chi connectivity index (χ2n) is 8.39. The van der Waals surface area contributed by atoms with E-state index in [4.69, 9.17) is 14.0 Å². The van der Waals surface area contributed by atoms with Gasteiger partial charge in [-0.1, -0.05) is 31.9 Å². The number of rotatable bonds is 7. The number of carbonyl (C=O) groups excluding carboxylic acids is 3. The second-order valence-corrected chi connectivity index (χ2v) is 15.1. The minimum Gasteiger partial charge on any atom is -0.424 e. The topological polar surface area (TPSA) is 124 Å². The third kappa shape index (κ3) is 7.76. The average molecular weight is 956 g/mol. The molecule has 1 aliphatic rings. The van der Waals surface area contributed by atoms with Crippen LogP contribution in [0.2, 0.25) is 0 Å². The lowest BCUT2D eigenvalue weighted by Gasteiger charge is -2.33. The standard InChI is InChI=1S/C22H14Br6F2O8S/c23-11-4-13(25)17(14(26)5-11)37-20(32)9-1-8(19(31)22(29,30)39(34,35)36)2-10(3-9)21(33)38-18-15(27)6-12(24)7-16(18)28/h4-10H,1-3H2,(H,34,35,36). The lowest BCUT2D eigenvalue weighted by Crippen LogP contribution is -2.46. The molecule has 2 atom stereocenters. The van der Waals surface area contributed by atoms with Crippen molar-refractivity contribution in [3.63, 3.8) is 0 Å². The summed E-state index contributed by atoms with van der Waals surface area (Å²) in [6.07, 6.45) is -1.34. The molecule has 1 fully saturated rings. The van der Waals surface area contributed by atoms with Gasteiger partial charge in [-0.3, -0.25) is 18.9 Å². The minimum atomic E-state index is -6.10. The fourth-order valence-corrected chi connectivity index (χ4v) is 9.17. The predicted octanol–water partition coefficient (Wildman–Crippen LogP) is 7.85. The van der Waals surface area contributed by atoms with Gasteiger partial charge < -0.3 is 9.47 Å². The highest BCUT2D eigenvalue weighted by Gasteiger charge is 2.56. The summed E-state index contributed by atoms with van der Waals surface area (Å²) in [6.45, 7) is 0. The Balaban J connectivity index is 1.94. The first-order chi connectivity index (χ1) is 17.9. The predicted molar refractivity (Wildman–Crippen MR) is 156 cm³/mol. The highest BCUT2D eigenvalue weighted by Crippen LogP contribution is 2.43. The molecule has 212 valence electrons. The van der Waals surface area contributed by atoms with Gasteiger partial charge in [-0.25, -0.2) is 0 Å². The van der Waals surface area contributed by atoms with Crippen LogP contribution in [0.1, 0.15) is 19.3 Å². The highest BCUT2D eigenvalue weighted by molar-refractivity contribution is 9.12. The molecule has 1 N–H and O–H groups in total. The summed E-state index contributed by atoms with van der Waals surface area (Å²) in [5.74, 6) is -8.27. The number of Topliss-reactive ketones (excluding diaryl/α,β-unsaturated/α-hetero) is 1. The molecule has 2 unspecified atom stereocenters. The van der Waals surface area contributed by atoms with Crippen LogP contribution in [0, 0.1) is 17.8 Å². The normalized spacial score (nSPS) is 19.9. The number of hydrogen-bond donors (Lipinski definition) is 1. The van der Waals surface area contributed by atoms with Crippen molar-refractivity contribution in [2.45, 2.75) is 24.5 Å². The van der Waals surface area contributed by atoms with E-state index in [1.807, 2.05) is 0 Å². The van der Waals surface area contributed by atoms with Gasteiger partial charge in [0.05, 0.1) is 29.7 Å². The lowest BCUT2D eigenvalue weighted by molar-refractivity contribution is -0.150. The van der Waals surface area contributed by atoms with Crippen molar-refractivity contribution in [1.29, 1.82) is 0 Å². The van der Waals surface area contributed by atoms with Gasteiger partial charge in [-0.05, 0) is 107 Å². The van der Waals surface area contributed by atoms with E-state index in [0.717, 1.165) is 0 Å². The Morgan fingerprint density at radius 3 is 1.33 bits per heavy atom. The zero-order valence-electron chi connectivity index (χ0n) is 18.9. The number of halogens is 8. The van der Waals surface area contributed by atoms with Crippen LogP contribution in [0.15, 0.2) is 51.1 Å². The molecule has 0 amide bonds. The Labute approximate surface area is 271 Å². The van der Waals surface area contributed by atoms with Gasteiger partial charge in [0.1, 0.15) is 0 Å². The third-order valence-electron chi connectivity index (χ3n) is 5.69. The zero-order chi connectivity index (χ0) is 29.4. The van der Waals surface area contributed by atoms with E-state index in [-0.39, 0.29) is 17.9 Å². The maximum absolute atomic E-state index is 14.3. The van der Waals surface area contributed by atoms with Crippen molar-refractivity contribution in [3.8, 4) is 11.5 Å². The Bertz CT molecular complexity index is 1330. The molecule has 0 bridgehead atoms. The molecule has 1 saturated carbocycles. The first kappa shape index (κ1) is 33.2. The van der Waals surface area contributed by atoms with E-state index in [1.54, 1.807) is 24.3 Å². The van der Waals surface area contributed by atoms with Gasteiger partial charge in [-0.15, -0.1) is 0 Å². The van der Waals surface area contributed by atoms with Crippen LogP contribution in [-0.4, -0.2) is 35.9 Å². The van der Waals surface area contributed by atoms with Gasteiger partial charge in [0.25, 0.3) is 0 Å². The maximum Gasteiger partial charge on any atom is 0.426 e. The smallest absolute Gasteiger partial charge is 0.424 e. The van der Waals surface area contributed by atoms with Crippen molar-refractivity contribution >= 4 is 123 Å². The Morgan fingerprint density at radius 2 is 1.03 bits per heavy atom. The van der Waals surface area contributed by atoms with Crippen LogP contribution >= 0.6 is 95.6 Å². The zero-order valence-corrected chi connectivity index (χ0v) is 29.2. The fourth-order valence-electron chi connectivity index (χ4n) is 3.90. The SMILES string of the molecule is O=C(Oc1c(Br)cc(Br)cc1Br)C1CC(C(=O)Oc2c(Br)cc(Br)cc2Br)CC(C(=O)C(F)(F)S(=O)(=O)O)C1. The van der Waals surface area contributed by atoms with E-state index in [1.165, 1.54) is 0 Å². The summed E-state index contributed by atoms with van der Waals surface area (Å²) >= 11 is 19.6. The molecular weight excluding hydrogens is 942 g/mol. The number of benzene rings is 2. The number of esters is 2. The summed E-state index contributed by atoms with van der Waals surface area (Å²) in [6, 6.07) is 6.34. The number of ether oxygens (including phenoxy) is 2. The van der Waals surface area contributed by atoms with Crippen LogP contribution in [0.4, 0.5) is 8.78 Å². The van der Waals surface area contributed by atoms with Crippen molar-refractivity contribution in [2.75, 3.05) is 0 Å². The Morgan fingerprint density at radius 1 is 0.718 bits per heavy atom. The van der Waals surface area contributed by atoms with E-state index < -0.39 is 63.7 Å². The van der Waals surface area contributed by atoms with Gasteiger partial charge in [0.15, 0.2) is 11.5 Å². The molecule has 0 radical (unpaired) electrons. The summed E-state index contributed by atoms with van der Waals surface area (Å²) in [4.78, 5) is 38.8. The Kier molecular flexibility index (Phi) is 11.0. The van der Waals surface area contributed by atoms with E-state index in [2.05, 4.69) is 95.6 Å². The van der Waals surface area contributed by atoms with Gasteiger partial charge in [-0.2, -0.15) is 17.2 Å². The summed E-state index contributed by atoms with van der Waals surface area (Å²) in [7, 11) is -6.10. The first-order valence-corrected chi connectivity index (χ1v) is 16.7. The van der Waals surface area contributed by atoms with Crippen LogP contribution in [-0.2, 0) is 24.5 Å².